The van der Waals surface area contributed by atoms with Gasteiger partial charge >= 0.3 is 0 Å². The van der Waals surface area contributed by atoms with E-state index >= 15 is 0 Å². The van der Waals surface area contributed by atoms with Gasteiger partial charge in [0.1, 0.15) is 0 Å². The molecule has 0 bridgehead atoms. The summed E-state index contributed by atoms with van der Waals surface area (Å²) in [4.78, 5) is 20.1. The predicted molar refractivity (Wildman–Crippen MR) is 29.4 cm³/mol. The fraction of sp³-hybridized carbons (Fsp3) is 0.333. The minimum absolute atomic E-state index is 0.204. The van der Waals surface area contributed by atoms with Crippen molar-refractivity contribution in [2.24, 2.45) is 0 Å². The lowest BCUT2D eigenvalue weighted by atomic mass is 10.2. The number of Topliss-reactive ketones (excluding diaryl/α,β-unsaturated/α-hetero) is 1. The van der Waals surface area contributed by atoms with Crippen molar-refractivity contribution in [1.82, 2.24) is 0 Å². The molecule has 0 aromatic heterocycles. The van der Waals surface area contributed by atoms with Crippen molar-refractivity contribution in [1.29, 1.82) is 0 Å². The summed E-state index contributed by atoms with van der Waals surface area (Å²) in [5.74, 6) is -1.58. The molecule has 0 radical (unpaired) electrons. The Bertz CT molecular complexity index is 167. The number of allylic oxidation sites excluding steroid dienone is 1. The van der Waals surface area contributed by atoms with Gasteiger partial charge in [-0.2, -0.15) is 0 Å². The number of carbonyl (C=O) groups is 2. The van der Waals surface area contributed by atoms with Crippen LogP contribution in [0.15, 0.2) is 11.6 Å². The summed E-state index contributed by atoms with van der Waals surface area (Å²) in [7, 11) is 0. The second kappa shape index (κ2) is 3.02. The van der Waals surface area contributed by atoms with E-state index in [1.165, 1.54) is 13.8 Å². The van der Waals surface area contributed by atoms with Crippen LogP contribution in [0.4, 0.5) is 0 Å². The first-order valence-corrected chi connectivity index (χ1v) is 2.44. The number of hydrogen-bond acceptors (Lipinski definition) is 3. The topological polar surface area (TPSA) is 57.2 Å². The molecule has 0 aromatic rings. The Kier molecular flexibility index (Phi) is 2.64. The van der Waals surface area contributed by atoms with Gasteiger partial charge in [0.15, 0.2) is 5.78 Å². The van der Waals surface area contributed by atoms with E-state index in [1.54, 1.807) is 0 Å². The summed E-state index contributed by atoms with van der Waals surface area (Å²) in [5.41, 5.74) is 0.204. The van der Waals surface area contributed by atoms with Crippen molar-refractivity contribution >= 4 is 11.8 Å². The number of aliphatic carboxylic acids is 1. The van der Waals surface area contributed by atoms with Gasteiger partial charge in [0.05, 0.1) is 5.97 Å². The van der Waals surface area contributed by atoms with Crippen LogP contribution < -0.4 is 5.11 Å². The van der Waals surface area contributed by atoms with E-state index in [4.69, 9.17) is 0 Å². The normalized spacial score (nSPS) is 11.1. The molecule has 0 aromatic carbocycles. The zero-order valence-electron chi connectivity index (χ0n) is 5.30. The third kappa shape index (κ3) is 3.46. The van der Waals surface area contributed by atoms with Crippen LogP contribution >= 0.6 is 0 Å². The molecule has 50 valence electrons. The van der Waals surface area contributed by atoms with Crippen LogP contribution in [0.2, 0.25) is 0 Å². The molecule has 0 aliphatic heterocycles. The zero-order valence-corrected chi connectivity index (χ0v) is 5.30. The predicted octanol–water partition coefficient (Wildman–Crippen LogP) is -0.728. The van der Waals surface area contributed by atoms with E-state index in [9.17, 15) is 14.7 Å². The number of carboxylic acids is 1. The first-order chi connectivity index (χ1) is 4.04. The smallest absolute Gasteiger partial charge is 0.155 e. The van der Waals surface area contributed by atoms with Crippen molar-refractivity contribution in [3.8, 4) is 0 Å². The molecule has 0 atom stereocenters. The Morgan fingerprint density at radius 1 is 1.33 bits per heavy atom. The number of carbonyl (C=O) groups excluding carboxylic acids is 2. The minimum atomic E-state index is -1.33. The molecular formula is C6H7O3-. The van der Waals surface area contributed by atoms with Crippen LogP contribution in [0.1, 0.15) is 13.8 Å². The largest absolute Gasteiger partial charge is 0.545 e. The van der Waals surface area contributed by atoms with E-state index in [0.717, 1.165) is 6.08 Å². The van der Waals surface area contributed by atoms with Crippen molar-refractivity contribution in [3.05, 3.63) is 11.6 Å². The molecular weight excluding hydrogens is 120 g/mol. The van der Waals surface area contributed by atoms with Crippen molar-refractivity contribution in [3.63, 3.8) is 0 Å². The molecule has 0 heterocycles. The van der Waals surface area contributed by atoms with Gasteiger partial charge in [-0.1, -0.05) is 0 Å². The van der Waals surface area contributed by atoms with E-state index in [0.29, 0.717) is 0 Å². The quantitative estimate of drug-likeness (QED) is 0.459. The Balaban J connectivity index is 4.17. The summed E-state index contributed by atoms with van der Waals surface area (Å²) in [6.45, 7) is 2.73. The highest BCUT2D eigenvalue weighted by atomic mass is 16.4. The standard InChI is InChI=1S/C6H8O3/c1-4(5(2)7)3-6(8)9/h3H,1-2H3,(H,8,9)/p-1/b4-3+. The lowest BCUT2D eigenvalue weighted by Crippen LogP contribution is -2.20. The lowest BCUT2D eigenvalue weighted by molar-refractivity contribution is -0.297. The molecule has 0 N–H and O–H groups in total. The maximum absolute atomic E-state index is 10.3. The summed E-state index contributed by atoms with van der Waals surface area (Å²) in [6.07, 6.45) is 0.780. The molecule has 0 rings (SSSR count). The van der Waals surface area contributed by atoms with Gasteiger partial charge in [-0.15, -0.1) is 0 Å². The van der Waals surface area contributed by atoms with Gasteiger partial charge in [0, 0.05) is 0 Å². The summed E-state index contributed by atoms with van der Waals surface area (Å²) in [5, 5.41) is 9.77. The van der Waals surface area contributed by atoms with Gasteiger partial charge in [-0.05, 0) is 25.5 Å². The zero-order chi connectivity index (χ0) is 7.44. The number of ketones is 1. The highest BCUT2D eigenvalue weighted by Gasteiger charge is 1.92. The van der Waals surface area contributed by atoms with Gasteiger partial charge in [-0.3, -0.25) is 4.79 Å². The summed E-state index contributed by atoms with van der Waals surface area (Å²) >= 11 is 0. The van der Waals surface area contributed by atoms with Crippen LogP contribution in [0.5, 0.6) is 0 Å². The molecule has 0 aliphatic rings. The third-order valence-corrected chi connectivity index (χ3v) is 0.890. The van der Waals surface area contributed by atoms with Crippen molar-refractivity contribution in [2.45, 2.75) is 13.8 Å². The van der Waals surface area contributed by atoms with Gasteiger partial charge in [0.2, 0.25) is 0 Å². The molecule has 0 amide bonds. The van der Waals surface area contributed by atoms with Crippen LogP contribution in [0.3, 0.4) is 0 Å². The fourth-order valence-electron chi connectivity index (χ4n) is 0.278. The average molecular weight is 127 g/mol. The Morgan fingerprint density at radius 2 is 1.78 bits per heavy atom. The molecule has 3 heteroatoms. The van der Waals surface area contributed by atoms with E-state index in [1.807, 2.05) is 0 Å². The van der Waals surface area contributed by atoms with E-state index in [-0.39, 0.29) is 11.4 Å². The minimum Gasteiger partial charge on any atom is -0.545 e. The van der Waals surface area contributed by atoms with E-state index in [2.05, 4.69) is 0 Å². The first-order valence-electron chi connectivity index (χ1n) is 2.44. The first kappa shape index (κ1) is 7.88. The Hall–Kier alpha value is -1.12. The second-order valence-corrected chi connectivity index (χ2v) is 1.70. The monoisotopic (exact) mass is 127 g/mol. The molecule has 0 saturated carbocycles. The Morgan fingerprint density at radius 3 is 1.89 bits per heavy atom. The maximum atomic E-state index is 10.3. The van der Waals surface area contributed by atoms with Crippen molar-refractivity contribution < 1.29 is 14.7 Å². The summed E-state index contributed by atoms with van der Waals surface area (Å²) < 4.78 is 0. The van der Waals surface area contributed by atoms with Crippen LogP contribution in [0.25, 0.3) is 0 Å². The number of hydrogen-bond donors (Lipinski definition) is 0. The molecule has 3 nitrogen and oxygen atoms in total. The summed E-state index contributed by atoms with van der Waals surface area (Å²) in [6, 6.07) is 0. The second-order valence-electron chi connectivity index (χ2n) is 1.70. The van der Waals surface area contributed by atoms with Crippen LogP contribution in [-0.4, -0.2) is 11.8 Å². The molecule has 0 unspecified atom stereocenters. The maximum Gasteiger partial charge on any atom is 0.155 e. The highest BCUT2D eigenvalue weighted by Crippen LogP contribution is 1.90. The fourth-order valence-corrected chi connectivity index (χ4v) is 0.278. The molecule has 0 spiro atoms. The molecule has 9 heavy (non-hydrogen) atoms. The van der Waals surface area contributed by atoms with Gasteiger partial charge in [0.25, 0.3) is 0 Å². The van der Waals surface area contributed by atoms with Crippen LogP contribution in [-0.2, 0) is 9.59 Å². The van der Waals surface area contributed by atoms with Gasteiger partial charge in [-0.25, -0.2) is 0 Å². The molecule has 0 aliphatic carbocycles. The SMILES string of the molecule is CC(=O)/C(C)=C/C(=O)[O-]. The van der Waals surface area contributed by atoms with Gasteiger partial charge < -0.3 is 9.90 Å². The lowest BCUT2D eigenvalue weighted by Gasteiger charge is -1.93. The molecule has 0 saturated heterocycles. The third-order valence-electron chi connectivity index (χ3n) is 0.890. The highest BCUT2D eigenvalue weighted by molar-refractivity contribution is 5.97. The van der Waals surface area contributed by atoms with E-state index < -0.39 is 5.97 Å². The van der Waals surface area contributed by atoms with Crippen LogP contribution in [0, 0.1) is 0 Å². The number of rotatable bonds is 2. The average Bonchev–Trinajstić information content (AvgIpc) is 1.63. The Labute approximate surface area is 53.0 Å². The number of carboxylic acid groups (broad SMARTS) is 1. The molecule has 0 fully saturated rings. The van der Waals surface area contributed by atoms with Crippen molar-refractivity contribution in [2.75, 3.05) is 0 Å².